The molecular formula is C18H23N5O2. The number of benzene rings is 1. The number of amides is 3. The maximum atomic E-state index is 12.4. The van der Waals surface area contributed by atoms with Crippen LogP contribution in [0, 0.1) is 0 Å². The summed E-state index contributed by atoms with van der Waals surface area (Å²) in [5.41, 5.74) is 0.674. The summed E-state index contributed by atoms with van der Waals surface area (Å²) >= 11 is 0. The summed E-state index contributed by atoms with van der Waals surface area (Å²) in [5.74, 6) is 0.658. The minimum Gasteiger partial charge on any atom is -0.337 e. The molecule has 1 aromatic heterocycles. The van der Waals surface area contributed by atoms with Gasteiger partial charge in [0.2, 0.25) is 0 Å². The molecule has 2 heterocycles. The van der Waals surface area contributed by atoms with Gasteiger partial charge in [-0.2, -0.15) is 5.10 Å². The summed E-state index contributed by atoms with van der Waals surface area (Å²) in [4.78, 5) is 26.4. The zero-order chi connectivity index (χ0) is 17.8. The highest BCUT2D eigenvalue weighted by Crippen LogP contribution is 2.15. The first kappa shape index (κ1) is 17.0. The van der Waals surface area contributed by atoms with Crippen LogP contribution in [0.15, 0.2) is 42.6 Å². The van der Waals surface area contributed by atoms with E-state index in [1.165, 1.54) is 0 Å². The Bertz CT molecular complexity index is 741. The van der Waals surface area contributed by atoms with Gasteiger partial charge in [-0.15, -0.1) is 0 Å². The van der Waals surface area contributed by atoms with Gasteiger partial charge in [0.05, 0.1) is 6.20 Å². The van der Waals surface area contributed by atoms with Crippen LogP contribution in [0.1, 0.15) is 36.7 Å². The van der Waals surface area contributed by atoms with Gasteiger partial charge in [-0.1, -0.05) is 18.2 Å². The molecular weight excluding hydrogens is 318 g/mol. The molecule has 7 nitrogen and oxygen atoms in total. The van der Waals surface area contributed by atoms with Gasteiger partial charge in [0.25, 0.3) is 5.91 Å². The van der Waals surface area contributed by atoms with Gasteiger partial charge in [0.15, 0.2) is 0 Å². The Morgan fingerprint density at radius 3 is 2.68 bits per heavy atom. The van der Waals surface area contributed by atoms with Crippen LogP contribution in [-0.4, -0.2) is 45.8 Å². The zero-order valence-corrected chi connectivity index (χ0v) is 14.5. The largest absolute Gasteiger partial charge is 0.337 e. The molecule has 1 aliphatic heterocycles. The van der Waals surface area contributed by atoms with Crippen LogP contribution in [0.4, 0.5) is 10.6 Å². The first-order chi connectivity index (χ1) is 12.0. The number of aromatic nitrogens is 2. The van der Waals surface area contributed by atoms with E-state index in [9.17, 15) is 9.59 Å². The molecule has 0 spiro atoms. The van der Waals surface area contributed by atoms with E-state index in [0.29, 0.717) is 24.5 Å². The third-order valence-electron chi connectivity index (χ3n) is 4.23. The van der Waals surface area contributed by atoms with Crippen LogP contribution < -0.4 is 10.6 Å². The molecule has 0 bridgehead atoms. The number of anilines is 1. The molecule has 3 amide bonds. The molecule has 1 unspecified atom stereocenters. The van der Waals surface area contributed by atoms with Crippen molar-refractivity contribution >= 4 is 17.8 Å². The first-order valence-electron chi connectivity index (χ1n) is 8.50. The summed E-state index contributed by atoms with van der Waals surface area (Å²) in [7, 11) is 0. The first-order valence-corrected chi connectivity index (χ1v) is 8.50. The molecule has 0 radical (unpaired) electrons. The van der Waals surface area contributed by atoms with Crippen molar-refractivity contribution in [3.63, 3.8) is 0 Å². The normalized spacial score (nSPS) is 16.9. The summed E-state index contributed by atoms with van der Waals surface area (Å²) in [5, 5.41) is 9.95. The second-order valence-corrected chi connectivity index (χ2v) is 6.46. The van der Waals surface area contributed by atoms with Crippen molar-refractivity contribution in [3.05, 3.63) is 48.2 Å². The molecule has 2 N–H and O–H groups in total. The molecule has 1 saturated heterocycles. The lowest BCUT2D eigenvalue weighted by Crippen LogP contribution is -2.41. The predicted molar refractivity (Wildman–Crippen MR) is 95.5 cm³/mol. The van der Waals surface area contributed by atoms with E-state index < -0.39 is 0 Å². The minimum absolute atomic E-state index is 0.00296. The second-order valence-electron chi connectivity index (χ2n) is 6.46. The maximum absolute atomic E-state index is 12.4. The van der Waals surface area contributed by atoms with E-state index in [4.69, 9.17) is 0 Å². The average molecular weight is 341 g/mol. The van der Waals surface area contributed by atoms with Crippen LogP contribution in [-0.2, 0) is 0 Å². The predicted octanol–water partition coefficient (Wildman–Crippen LogP) is 2.50. The fourth-order valence-corrected chi connectivity index (χ4v) is 2.99. The summed E-state index contributed by atoms with van der Waals surface area (Å²) < 4.78 is 1.75. The molecule has 1 aromatic carbocycles. The van der Waals surface area contributed by atoms with Crippen molar-refractivity contribution in [2.45, 2.75) is 32.4 Å². The Hall–Kier alpha value is -2.83. The lowest BCUT2D eigenvalue weighted by molar-refractivity contribution is 0.0789. The van der Waals surface area contributed by atoms with Crippen molar-refractivity contribution in [2.24, 2.45) is 0 Å². The van der Waals surface area contributed by atoms with Crippen molar-refractivity contribution < 1.29 is 9.59 Å². The number of hydrogen-bond donors (Lipinski definition) is 2. The van der Waals surface area contributed by atoms with Crippen LogP contribution in [0.25, 0.3) is 0 Å². The van der Waals surface area contributed by atoms with Crippen molar-refractivity contribution in [2.75, 3.05) is 18.4 Å². The van der Waals surface area contributed by atoms with E-state index in [-0.39, 0.29) is 24.0 Å². The summed E-state index contributed by atoms with van der Waals surface area (Å²) in [6.45, 7) is 5.16. The van der Waals surface area contributed by atoms with Gasteiger partial charge in [0.1, 0.15) is 5.82 Å². The number of hydrogen-bond acceptors (Lipinski definition) is 3. The molecule has 3 rings (SSSR count). The maximum Gasteiger partial charge on any atom is 0.320 e. The molecule has 0 saturated carbocycles. The van der Waals surface area contributed by atoms with Crippen LogP contribution in [0.5, 0.6) is 0 Å². The fraction of sp³-hybridized carbons (Fsp3) is 0.389. The Morgan fingerprint density at radius 1 is 1.20 bits per heavy atom. The minimum atomic E-state index is -0.276. The van der Waals surface area contributed by atoms with Crippen molar-refractivity contribution in [3.8, 4) is 0 Å². The topological polar surface area (TPSA) is 79.3 Å². The van der Waals surface area contributed by atoms with Gasteiger partial charge < -0.3 is 10.2 Å². The number of carbonyl (C=O) groups is 2. The molecule has 0 aliphatic carbocycles. The van der Waals surface area contributed by atoms with Gasteiger partial charge in [-0.25, -0.2) is 9.48 Å². The van der Waals surface area contributed by atoms with Crippen LogP contribution in [0.3, 0.4) is 0 Å². The van der Waals surface area contributed by atoms with Gasteiger partial charge in [-0.3, -0.25) is 10.1 Å². The number of nitrogens with zero attached hydrogens (tertiary/aromatic N) is 3. The SMILES string of the molecule is CC(C)n1nccc1NC(=O)NC1CCN(C(=O)c2ccccc2)C1. The molecule has 1 atom stereocenters. The van der Waals surface area contributed by atoms with Gasteiger partial charge >= 0.3 is 6.03 Å². The van der Waals surface area contributed by atoms with Crippen molar-refractivity contribution in [1.82, 2.24) is 20.0 Å². The quantitative estimate of drug-likeness (QED) is 0.897. The Morgan fingerprint density at radius 2 is 1.96 bits per heavy atom. The summed E-state index contributed by atoms with van der Waals surface area (Å²) in [6, 6.07) is 10.8. The third kappa shape index (κ3) is 3.99. The van der Waals surface area contributed by atoms with E-state index in [2.05, 4.69) is 15.7 Å². The Balaban J connectivity index is 1.53. The number of nitrogens with one attached hydrogen (secondary N) is 2. The monoisotopic (exact) mass is 341 g/mol. The number of carbonyl (C=O) groups excluding carboxylic acids is 2. The van der Waals surface area contributed by atoms with Crippen LogP contribution >= 0.6 is 0 Å². The number of likely N-dealkylation sites (tertiary alicyclic amines) is 1. The smallest absolute Gasteiger partial charge is 0.320 e. The highest BCUT2D eigenvalue weighted by atomic mass is 16.2. The Labute approximate surface area is 147 Å². The van der Waals surface area contributed by atoms with E-state index in [0.717, 1.165) is 6.42 Å². The van der Waals surface area contributed by atoms with Crippen molar-refractivity contribution in [1.29, 1.82) is 0 Å². The lowest BCUT2D eigenvalue weighted by Gasteiger charge is -2.18. The zero-order valence-electron chi connectivity index (χ0n) is 14.5. The molecule has 1 aliphatic rings. The number of rotatable bonds is 4. The highest BCUT2D eigenvalue weighted by molar-refractivity contribution is 5.94. The molecule has 2 aromatic rings. The van der Waals surface area contributed by atoms with E-state index >= 15 is 0 Å². The molecule has 25 heavy (non-hydrogen) atoms. The third-order valence-corrected chi connectivity index (χ3v) is 4.23. The fourth-order valence-electron chi connectivity index (χ4n) is 2.99. The summed E-state index contributed by atoms with van der Waals surface area (Å²) in [6.07, 6.45) is 2.40. The van der Waals surface area contributed by atoms with Crippen LogP contribution in [0.2, 0.25) is 0 Å². The van der Waals surface area contributed by atoms with Gasteiger partial charge in [-0.05, 0) is 32.4 Å². The molecule has 1 fully saturated rings. The second kappa shape index (κ2) is 7.38. The van der Waals surface area contributed by atoms with Gasteiger partial charge in [0, 0.05) is 36.8 Å². The highest BCUT2D eigenvalue weighted by Gasteiger charge is 2.28. The number of urea groups is 1. The lowest BCUT2D eigenvalue weighted by atomic mass is 10.2. The molecule has 7 heteroatoms. The molecule has 132 valence electrons. The van der Waals surface area contributed by atoms with E-state index in [1.54, 1.807) is 21.8 Å². The average Bonchev–Trinajstić information content (AvgIpc) is 3.24. The Kier molecular flexibility index (Phi) is 5.02. The van der Waals surface area contributed by atoms with E-state index in [1.807, 2.05) is 44.2 Å². The standard InChI is InChI=1S/C18H23N5O2/c1-13(2)23-16(8-10-19-23)21-18(25)20-15-9-11-22(12-15)17(24)14-6-4-3-5-7-14/h3-8,10,13,15H,9,11-12H2,1-2H3,(H2,20,21,25).